The van der Waals surface area contributed by atoms with Crippen molar-refractivity contribution in [3.8, 4) is 0 Å². The lowest BCUT2D eigenvalue weighted by molar-refractivity contribution is 0.725. The van der Waals surface area contributed by atoms with Crippen molar-refractivity contribution in [2.45, 2.75) is 38.5 Å². The molecule has 1 aliphatic carbocycles. The second-order valence-corrected chi connectivity index (χ2v) is 4.11. The molecule has 0 heterocycles. The van der Waals surface area contributed by atoms with E-state index in [1.807, 2.05) is 6.07 Å². The molecule has 1 aromatic rings. The fourth-order valence-corrected chi connectivity index (χ4v) is 2.28. The molecule has 1 nitrogen and oxygen atoms in total. The molecular formula is C12H17N. The lowest BCUT2D eigenvalue weighted by atomic mass is 9.94. The van der Waals surface area contributed by atoms with Gasteiger partial charge in [-0.1, -0.05) is 30.5 Å². The largest absolute Gasteiger partial charge is 0.398 e. The van der Waals surface area contributed by atoms with Gasteiger partial charge in [-0.15, -0.1) is 0 Å². The number of nitrogen functional groups attached to an aromatic ring is 1. The van der Waals surface area contributed by atoms with E-state index < -0.39 is 0 Å². The van der Waals surface area contributed by atoms with E-state index in [0.29, 0.717) is 0 Å². The quantitative estimate of drug-likeness (QED) is 0.651. The molecule has 70 valence electrons. The van der Waals surface area contributed by atoms with E-state index in [9.17, 15) is 0 Å². The van der Waals surface area contributed by atoms with Crippen molar-refractivity contribution in [1.29, 1.82) is 0 Å². The minimum absolute atomic E-state index is 0.736. The van der Waals surface area contributed by atoms with E-state index in [2.05, 4.69) is 19.1 Å². The summed E-state index contributed by atoms with van der Waals surface area (Å²) in [5.74, 6) is 0.736. The van der Waals surface area contributed by atoms with Crippen molar-refractivity contribution in [2.75, 3.05) is 5.73 Å². The number of rotatable bonds is 1. The monoisotopic (exact) mass is 175 g/mol. The Balaban J connectivity index is 2.32. The topological polar surface area (TPSA) is 26.0 Å². The van der Waals surface area contributed by atoms with Crippen molar-refractivity contribution in [2.24, 2.45) is 0 Å². The van der Waals surface area contributed by atoms with Crippen LogP contribution in [-0.2, 0) is 0 Å². The predicted molar refractivity (Wildman–Crippen MR) is 56.8 cm³/mol. The highest BCUT2D eigenvalue weighted by Gasteiger charge is 2.18. The zero-order chi connectivity index (χ0) is 9.26. The van der Waals surface area contributed by atoms with Crippen LogP contribution in [-0.4, -0.2) is 0 Å². The van der Waals surface area contributed by atoms with Crippen LogP contribution < -0.4 is 5.73 Å². The molecule has 0 aliphatic heterocycles. The van der Waals surface area contributed by atoms with Crippen molar-refractivity contribution in [1.82, 2.24) is 0 Å². The highest BCUT2D eigenvalue weighted by molar-refractivity contribution is 5.50. The second kappa shape index (κ2) is 3.41. The summed E-state index contributed by atoms with van der Waals surface area (Å²) in [4.78, 5) is 0. The molecular weight excluding hydrogens is 158 g/mol. The summed E-state index contributed by atoms with van der Waals surface area (Å²) in [6.07, 6.45) is 5.40. The molecule has 0 spiro atoms. The minimum Gasteiger partial charge on any atom is -0.398 e. The Morgan fingerprint density at radius 2 is 1.92 bits per heavy atom. The molecule has 0 saturated heterocycles. The van der Waals surface area contributed by atoms with E-state index >= 15 is 0 Å². The summed E-state index contributed by atoms with van der Waals surface area (Å²) < 4.78 is 0. The molecule has 0 amide bonds. The smallest absolute Gasteiger partial charge is 0.0349 e. The summed E-state index contributed by atoms with van der Waals surface area (Å²) in [5, 5.41) is 0. The molecule has 1 aromatic carbocycles. The molecule has 13 heavy (non-hydrogen) atoms. The first-order valence-electron chi connectivity index (χ1n) is 5.13. The van der Waals surface area contributed by atoms with E-state index in [-0.39, 0.29) is 0 Å². The Kier molecular flexibility index (Phi) is 2.26. The van der Waals surface area contributed by atoms with Crippen LogP contribution in [0, 0.1) is 6.92 Å². The second-order valence-electron chi connectivity index (χ2n) is 4.11. The number of anilines is 1. The first-order valence-corrected chi connectivity index (χ1v) is 5.13. The van der Waals surface area contributed by atoms with Gasteiger partial charge in [0.15, 0.2) is 0 Å². The van der Waals surface area contributed by atoms with Crippen molar-refractivity contribution >= 4 is 5.69 Å². The van der Waals surface area contributed by atoms with Gasteiger partial charge in [0.05, 0.1) is 0 Å². The fourth-order valence-electron chi connectivity index (χ4n) is 2.28. The lowest BCUT2D eigenvalue weighted by Gasteiger charge is -2.13. The van der Waals surface area contributed by atoms with Crippen LogP contribution in [0.15, 0.2) is 18.2 Å². The zero-order valence-corrected chi connectivity index (χ0v) is 8.22. The predicted octanol–water partition coefficient (Wildman–Crippen LogP) is 3.23. The van der Waals surface area contributed by atoms with Gasteiger partial charge >= 0.3 is 0 Å². The van der Waals surface area contributed by atoms with Crippen molar-refractivity contribution in [3.05, 3.63) is 29.3 Å². The first-order chi connectivity index (χ1) is 6.27. The van der Waals surface area contributed by atoms with E-state index in [1.165, 1.54) is 36.8 Å². The van der Waals surface area contributed by atoms with Crippen LogP contribution in [0.3, 0.4) is 0 Å². The molecule has 0 radical (unpaired) electrons. The molecule has 0 bridgehead atoms. The van der Waals surface area contributed by atoms with Crippen molar-refractivity contribution < 1.29 is 0 Å². The first kappa shape index (κ1) is 8.61. The van der Waals surface area contributed by atoms with E-state index in [4.69, 9.17) is 5.73 Å². The van der Waals surface area contributed by atoms with Crippen LogP contribution in [0.4, 0.5) is 5.69 Å². The van der Waals surface area contributed by atoms with Gasteiger partial charge in [0.25, 0.3) is 0 Å². The van der Waals surface area contributed by atoms with Gasteiger partial charge in [-0.3, -0.25) is 0 Å². The molecule has 0 atom stereocenters. The third-order valence-electron chi connectivity index (χ3n) is 3.04. The summed E-state index contributed by atoms with van der Waals surface area (Å²) in [6.45, 7) is 2.14. The SMILES string of the molecule is Cc1ccc(N)c(C2CCCC2)c1. The van der Waals surface area contributed by atoms with Crippen LogP contribution in [0.1, 0.15) is 42.7 Å². The van der Waals surface area contributed by atoms with Gasteiger partial charge in [-0.25, -0.2) is 0 Å². The van der Waals surface area contributed by atoms with Crippen LogP contribution in [0.2, 0.25) is 0 Å². The van der Waals surface area contributed by atoms with Gasteiger partial charge < -0.3 is 5.73 Å². The van der Waals surface area contributed by atoms with Gasteiger partial charge in [0, 0.05) is 5.69 Å². The number of nitrogens with two attached hydrogens (primary N) is 1. The molecule has 1 aliphatic rings. The number of hydrogen-bond donors (Lipinski definition) is 1. The average Bonchev–Trinajstić information content (AvgIpc) is 2.61. The maximum atomic E-state index is 5.97. The average molecular weight is 175 g/mol. The Morgan fingerprint density at radius 3 is 2.62 bits per heavy atom. The summed E-state index contributed by atoms with van der Waals surface area (Å²) in [7, 11) is 0. The summed E-state index contributed by atoms with van der Waals surface area (Å²) in [5.41, 5.74) is 9.67. The minimum atomic E-state index is 0.736. The van der Waals surface area contributed by atoms with Gasteiger partial charge in [0.1, 0.15) is 0 Å². The van der Waals surface area contributed by atoms with Gasteiger partial charge in [-0.2, -0.15) is 0 Å². The Morgan fingerprint density at radius 1 is 1.23 bits per heavy atom. The van der Waals surface area contributed by atoms with Crippen LogP contribution >= 0.6 is 0 Å². The van der Waals surface area contributed by atoms with Crippen LogP contribution in [0.25, 0.3) is 0 Å². The Bertz CT molecular complexity index is 298. The van der Waals surface area contributed by atoms with Gasteiger partial charge in [-0.05, 0) is 37.3 Å². The summed E-state index contributed by atoms with van der Waals surface area (Å²) >= 11 is 0. The number of aryl methyl sites for hydroxylation is 1. The molecule has 0 unspecified atom stereocenters. The Hall–Kier alpha value is -0.980. The third kappa shape index (κ3) is 1.69. The molecule has 1 fully saturated rings. The third-order valence-corrected chi connectivity index (χ3v) is 3.04. The zero-order valence-electron chi connectivity index (χ0n) is 8.22. The maximum Gasteiger partial charge on any atom is 0.0349 e. The van der Waals surface area contributed by atoms with Crippen molar-refractivity contribution in [3.63, 3.8) is 0 Å². The Labute approximate surface area is 80.0 Å². The molecule has 0 aromatic heterocycles. The van der Waals surface area contributed by atoms with Crippen LogP contribution in [0.5, 0.6) is 0 Å². The number of benzene rings is 1. The van der Waals surface area contributed by atoms with E-state index in [0.717, 1.165) is 11.6 Å². The highest BCUT2D eigenvalue weighted by atomic mass is 14.6. The normalized spacial score (nSPS) is 17.9. The van der Waals surface area contributed by atoms with E-state index in [1.54, 1.807) is 0 Å². The molecule has 2 rings (SSSR count). The highest BCUT2D eigenvalue weighted by Crippen LogP contribution is 2.36. The number of hydrogen-bond acceptors (Lipinski definition) is 1. The molecule has 2 N–H and O–H groups in total. The molecule has 1 saturated carbocycles. The summed E-state index contributed by atoms with van der Waals surface area (Å²) in [6, 6.07) is 6.39. The van der Waals surface area contributed by atoms with Gasteiger partial charge in [0.2, 0.25) is 0 Å². The molecule has 1 heteroatoms. The lowest BCUT2D eigenvalue weighted by Crippen LogP contribution is -1.99. The standard InChI is InChI=1S/C12H17N/c1-9-6-7-12(13)11(8-9)10-4-2-3-5-10/h6-8,10H,2-5,13H2,1H3. The fraction of sp³-hybridized carbons (Fsp3) is 0.500. The maximum absolute atomic E-state index is 5.97.